The number of rotatable bonds is 2. The SMILES string of the molecule is CC(C)[C@H]1CN(C(C)C)CCCO1. The summed E-state index contributed by atoms with van der Waals surface area (Å²) < 4.78 is 5.80. The van der Waals surface area contributed by atoms with E-state index in [1.807, 2.05) is 0 Å². The highest BCUT2D eigenvalue weighted by Gasteiger charge is 2.22. The van der Waals surface area contributed by atoms with Crippen molar-refractivity contribution in [3.8, 4) is 0 Å². The van der Waals surface area contributed by atoms with Gasteiger partial charge >= 0.3 is 0 Å². The predicted octanol–water partition coefficient (Wildman–Crippen LogP) is 2.14. The molecule has 2 nitrogen and oxygen atoms in total. The maximum Gasteiger partial charge on any atom is 0.0724 e. The highest BCUT2D eigenvalue weighted by molar-refractivity contribution is 4.74. The van der Waals surface area contributed by atoms with E-state index in [1.54, 1.807) is 0 Å². The zero-order valence-electron chi connectivity index (χ0n) is 9.42. The van der Waals surface area contributed by atoms with E-state index in [9.17, 15) is 0 Å². The van der Waals surface area contributed by atoms with Crippen molar-refractivity contribution in [1.82, 2.24) is 4.90 Å². The summed E-state index contributed by atoms with van der Waals surface area (Å²) in [4.78, 5) is 2.53. The summed E-state index contributed by atoms with van der Waals surface area (Å²) in [5.41, 5.74) is 0. The second-order valence-electron chi connectivity index (χ2n) is 4.60. The fourth-order valence-corrected chi connectivity index (χ4v) is 1.75. The molecule has 0 spiro atoms. The molecule has 0 saturated carbocycles. The molecule has 0 aliphatic carbocycles. The molecule has 0 radical (unpaired) electrons. The molecule has 0 unspecified atom stereocenters. The van der Waals surface area contributed by atoms with Gasteiger partial charge in [-0.2, -0.15) is 0 Å². The van der Waals surface area contributed by atoms with Gasteiger partial charge in [-0.25, -0.2) is 0 Å². The van der Waals surface area contributed by atoms with Gasteiger partial charge in [-0.1, -0.05) is 13.8 Å². The van der Waals surface area contributed by atoms with Crippen LogP contribution in [-0.2, 0) is 4.74 Å². The summed E-state index contributed by atoms with van der Waals surface area (Å²) in [7, 11) is 0. The highest BCUT2D eigenvalue weighted by Crippen LogP contribution is 2.14. The second kappa shape index (κ2) is 4.97. The van der Waals surface area contributed by atoms with Gasteiger partial charge in [0.1, 0.15) is 0 Å². The van der Waals surface area contributed by atoms with Gasteiger partial charge in [-0.3, -0.25) is 4.90 Å². The molecule has 1 aliphatic rings. The molecule has 0 N–H and O–H groups in total. The van der Waals surface area contributed by atoms with Crippen LogP contribution in [0.25, 0.3) is 0 Å². The van der Waals surface area contributed by atoms with Crippen molar-refractivity contribution >= 4 is 0 Å². The summed E-state index contributed by atoms with van der Waals surface area (Å²) in [6, 6.07) is 0.656. The van der Waals surface area contributed by atoms with E-state index in [4.69, 9.17) is 4.74 Å². The topological polar surface area (TPSA) is 12.5 Å². The number of hydrogen-bond donors (Lipinski definition) is 0. The van der Waals surface area contributed by atoms with Gasteiger partial charge in [0.2, 0.25) is 0 Å². The molecule has 0 aromatic rings. The van der Waals surface area contributed by atoms with Crippen molar-refractivity contribution in [2.45, 2.75) is 46.3 Å². The Morgan fingerprint density at radius 3 is 2.46 bits per heavy atom. The smallest absolute Gasteiger partial charge is 0.0724 e. The van der Waals surface area contributed by atoms with Gasteiger partial charge in [0.05, 0.1) is 6.10 Å². The van der Waals surface area contributed by atoms with Crippen molar-refractivity contribution in [3.05, 3.63) is 0 Å². The minimum atomic E-state index is 0.435. The summed E-state index contributed by atoms with van der Waals surface area (Å²) in [6.07, 6.45) is 1.62. The zero-order valence-corrected chi connectivity index (χ0v) is 9.42. The van der Waals surface area contributed by atoms with Gasteiger partial charge in [0.25, 0.3) is 0 Å². The third-order valence-corrected chi connectivity index (χ3v) is 2.81. The molecule has 0 bridgehead atoms. The van der Waals surface area contributed by atoms with Crippen LogP contribution < -0.4 is 0 Å². The van der Waals surface area contributed by atoms with Gasteiger partial charge in [-0.15, -0.1) is 0 Å². The molecule has 0 aromatic heterocycles. The molecule has 1 atom stereocenters. The average molecular weight is 185 g/mol. The first-order valence-corrected chi connectivity index (χ1v) is 5.47. The molecule has 1 rings (SSSR count). The van der Waals surface area contributed by atoms with Crippen molar-refractivity contribution in [2.24, 2.45) is 5.92 Å². The zero-order chi connectivity index (χ0) is 9.84. The van der Waals surface area contributed by atoms with E-state index in [0.29, 0.717) is 18.1 Å². The Bertz CT molecular complexity index is 129. The van der Waals surface area contributed by atoms with E-state index in [2.05, 4.69) is 32.6 Å². The van der Waals surface area contributed by atoms with E-state index >= 15 is 0 Å². The Hall–Kier alpha value is -0.0800. The molecule has 0 aromatic carbocycles. The van der Waals surface area contributed by atoms with Crippen LogP contribution in [0.2, 0.25) is 0 Å². The molecular weight excluding hydrogens is 162 g/mol. The van der Waals surface area contributed by atoms with Crippen LogP contribution in [0.3, 0.4) is 0 Å². The Morgan fingerprint density at radius 2 is 1.92 bits per heavy atom. The van der Waals surface area contributed by atoms with Crippen LogP contribution in [0.15, 0.2) is 0 Å². The average Bonchev–Trinajstić information content (AvgIpc) is 2.28. The molecule has 13 heavy (non-hydrogen) atoms. The molecule has 78 valence electrons. The van der Waals surface area contributed by atoms with E-state index < -0.39 is 0 Å². The molecule has 1 heterocycles. The molecule has 0 amide bonds. The lowest BCUT2D eigenvalue weighted by atomic mass is 10.1. The standard InChI is InChI=1S/C11H23NO/c1-9(2)11-8-12(10(3)4)6-5-7-13-11/h9-11H,5-8H2,1-4H3/t11-/m1/s1. The van der Waals surface area contributed by atoms with Crippen molar-refractivity contribution in [2.75, 3.05) is 19.7 Å². The molecule has 1 aliphatic heterocycles. The van der Waals surface area contributed by atoms with Gasteiger partial charge in [-0.05, 0) is 26.2 Å². The summed E-state index contributed by atoms with van der Waals surface area (Å²) in [5, 5.41) is 0. The summed E-state index contributed by atoms with van der Waals surface area (Å²) >= 11 is 0. The predicted molar refractivity (Wildman–Crippen MR) is 55.9 cm³/mol. The lowest BCUT2D eigenvalue weighted by Gasteiger charge is -2.28. The molecule has 1 fully saturated rings. The van der Waals surface area contributed by atoms with Crippen LogP contribution in [0.1, 0.15) is 34.1 Å². The van der Waals surface area contributed by atoms with Crippen molar-refractivity contribution in [1.29, 1.82) is 0 Å². The van der Waals surface area contributed by atoms with Gasteiger partial charge in [0.15, 0.2) is 0 Å². The van der Waals surface area contributed by atoms with Crippen LogP contribution >= 0.6 is 0 Å². The van der Waals surface area contributed by atoms with Gasteiger partial charge in [0, 0.05) is 25.7 Å². The fraction of sp³-hybridized carbons (Fsp3) is 1.00. The Labute approximate surface area is 82.3 Å². The Morgan fingerprint density at radius 1 is 1.23 bits per heavy atom. The first-order chi connectivity index (χ1) is 6.11. The monoisotopic (exact) mass is 185 g/mol. The number of nitrogens with zero attached hydrogens (tertiary/aromatic N) is 1. The third-order valence-electron chi connectivity index (χ3n) is 2.81. The van der Waals surface area contributed by atoms with Gasteiger partial charge < -0.3 is 4.74 Å². The molecule has 2 heteroatoms. The minimum absolute atomic E-state index is 0.435. The Kier molecular flexibility index (Phi) is 4.20. The maximum absolute atomic E-state index is 5.80. The van der Waals surface area contributed by atoms with E-state index in [0.717, 1.165) is 13.2 Å². The Balaban J connectivity index is 2.49. The van der Waals surface area contributed by atoms with E-state index in [-0.39, 0.29) is 0 Å². The molecular formula is C11H23NO. The largest absolute Gasteiger partial charge is 0.377 e. The maximum atomic E-state index is 5.80. The lowest BCUT2D eigenvalue weighted by Crippen LogP contribution is -2.38. The van der Waals surface area contributed by atoms with Crippen LogP contribution in [0, 0.1) is 5.92 Å². The van der Waals surface area contributed by atoms with Crippen molar-refractivity contribution in [3.63, 3.8) is 0 Å². The third kappa shape index (κ3) is 3.28. The van der Waals surface area contributed by atoms with Crippen molar-refractivity contribution < 1.29 is 4.74 Å². The second-order valence-corrected chi connectivity index (χ2v) is 4.60. The fourth-order valence-electron chi connectivity index (χ4n) is 1.75. The quantitative estimate of drug-likeness (QED) is 0.653. The summed E-state index contributed by atoms with van der Waals surface area (Å²) in [5.74, 6) is 0.638. The lowest BCUT2D eigenvalue weighted by molar-refractivity contribution is 0.0195. The first kappa shape index (κ1) is 11.0. The number of ether oxygens (including phenoxy) is 1. The van der Waals surface area contributed by atoms with Crippen LogP contribution in [0.5, 0.6) is 0 Å². The normalized spacial score (nSPS) is 26.8. The first-order valence-electron chi connectivity index (χ1n) is 5.47. The highest BCUT2D eigenvalue weighted by atomic mass is 16.5. The van der Waals surface area contributed by atoms with Crippen LogP contribution in [-0.4, -0.2) is 36.7 Å². The molecule has 1 saturated heterocycles. The summed E-state index contributed by atoms with van der Waals surface area (Å²) in [6.45, 7) is 12.3. The number of hydrogen-bond acceptors (Lipinski definition) is 2. The van der Waals surface area contributed by atoms with Crippen LogP contribution in [0.4, 0.5) is 0 Å². The minimum Gasteiger partial charge on any atom is -0.377 e. The van der Waals surface area contributed by atoms with E-state index in [1.165, 1.54) is 13.0 Å².